The van der Waals surface area contributed by atoms with E-state index in [1.807, 2.05) is 11.8 Å². The van der Waals surface area contributed by atoms with Crippen LogP contribution in [-0.2, 0) is 15.9 Å². The molecule has 0 amide bonds. The van der Waals surface area contributed by atoms with Crippen LogP contribution in [0.15, 0.2) is 77.1 Å². The molecule has 2 heterocycles. The van der Waals surface area contributed by atoms with E-state index in [1.54, 1.807) is 12.5 Å². The molecule has 1 aliphatic carbocycles. The molecule has 1 aromatic carbocycles. The zero-order chi connectivity index (χ0) is 21.3. The number of nitrogens with zero attached hydrogens (tertiary/aromatic N) is 2. The molecule has 166 valence electrons. The number of hydrogen-bond donors (Lipinski definition) is 0. The van der Waals surface area contributed by atoms with E-state index >= 15 is 0 Å². The third-order valence-corrected chi connectivity index (χ3v) is 7.12. The Labute approximate surface area is 191 Å². The van der Waals surface area contributed by atoms with E-state index < -0.39 is 0 Å². The second kappa shape index (κ2) is 11.5. The van der Waals surface area contributed by atoms with Crippen molar-refractivity contribution in [2.45, 2.75) is 43.9 Å². The summed E-state index contributed by atoms with van der Waals surface area (Å²) in [6.07, 6.45) is 15.5. The summed E-state index contributed by atoms with van der Waals surface area (Å²) < 4.78 is 11.8. The highest BCUT2D eigenvalue weighted by Gasteiger charge is 2.22. The van der Waals surface area contributed by atoms with E-state index in [1.165, 1.54) is 28.2 Å². The van der Waals surface area contributed by atoms with Gasteiger partial charge in [-0.05, 0) is 55.7 Å². The maximum Gasteiger partial charge on any atom is 0.231 e. The Balaban J connectivity index is 1.11. The summed E-state index contributed by atoms with van der Waals surface area (Å²) in [6, 6.07) is 9.00. The number of benzene rings is 1. The highest BCUT2D eigenvalue weighted by molar-refractivity contribution is 7.99. The van der Waals surface area contributed by atoms with Crippen LogP contribution in [0.2, 0.25) is 0 Å². The van der Waals surface area contributed by atoms with E-state index in [9.17, 15) is 0 Å². The van der Waals surface area contributed by atoms with E-state index in [-0.39, 0.29) is 0 Å². The van der Waals surface area contributed by atoms with Gasteiger partial charge in [-0.25, -0.2) is 0 Å². The van der Waals surface area contributed by atoms with Gasteiger partial charge in [-0.15, -0.1) is 11.8 Å². The molecule has 1 saturated heterocycles. The van der Waals surface area contributed by atoms with Crippen LogP contribution in [0.4, 0.5) is 0 Å². The van der Waals surface area contributed by atoms with Gasteiger partial charge in [-0.1, -0.05) is 42.9 Å². The first-order chi connectivity index (χ1) is 15.3. The van der Waals surface area contributed by atoms with Crippen molar-refractivity contribution in [3.63, 3.8) is 0 Å². The van der Waals surface area contributed by atoms with Gasteiger partial charge in [0.1, 0.15) is 12.0 Å². The summed E-state index contributed by atoms with van der Waals surface area (Å²) in [5, 5.41) is 0. The molecule has 4 rings (SSSR count). The van der Waals surface area contributed by atoms with Crippen LogP contribution in [0.5, 0.6) is 0 Å². The van der Waals surface area contributed by atoms with Gasteiger partial charge in [0.05, 0.1) is 0 Å². The Bertz CT molecular complexity index is 833. The van der Waals surface area contributed by atoms with Crippen molar-refractivity contribution in [3.8, 4) is 0 Å². The molecule has 1 fully saturated rings. The van der Waals surface area contributed by atoms with E-state index in [4.69, 9.17) is 9.47 Å². The largest absolute Gasteiger partial charge is 0.460 e. The molecule has 5 heteroatoms. The molecule has 1 aromatic rings. The summed E-state index contributed by atoms with van der Waals surface area (Å²) >= 11 is 1.97. The topological polar surface area (TPSA) is 24.9 Å². The van der Waals surface area contributed by atoms with Crippen molar-refractivity contribution in [1.29, 1.82) is 0 Å². The molecule has 31 heavy (non-hydrogen) atoms. The van der Waals surface area contributed by atoms with Crippen LogP contribution in [0.1, 0.15) is 38.2 Å². The first-order valence-corrected chi connectivity index (χ1v) is 12.5. The number of ether oxygens (including phenoxy) is 2. The molecule has 0 spiro atoms. The fraction of sp³-hybridized carbons (Fsp3) is 0.462. The van der Waals surface area contributed by atoms with Gasteiger partial charge >= 0.3 is 0 Å². The molecule has 0 atom stereocenters. The number of allylic oxidation sites excluding steroid dienone is 4. The molecule has 0 unspecified atom stereocenters. The number of thioether (sulfide) groups is 1. The average molecular weight is 439 g/mol. The molecule has 0 bridgehead atoms. The fourth-order valence-corrected chi connectivity index (χ4v) is 4.89. The number of piperazine rings is 1. The molecule has 4 nitrogen and oxygen atoms in total. The highest BCUT2D eigenvalue weighted by Crippen LogP contribution is 2.25. The molecule has 0 saturated carbocycles. The zero-order valence-electron chi connectivity index (χ0n) is 18.6. The third-order valence-electron chi connectivity index (χ3n) is 6.03. The normalized spacial score (nSPS) is 19.3. The Morgan fingerprint density at radius 3 is 2.52 bits per heavy atom. The Morgan fingerprint density at radius 2 is 1.84 bits per heavy atom. The van der Waals surface area contributed by atoms with Crippen molar-refractivity contribution in [2.24, 2.45) is 0 Å². The summed E-state index contributed by atoms with van der Waals surface area (Å²) in [6.45, 7) is 7.49. The number of hydrogen-bond acceptors (Lipinski definition) is 5. The van der Waals surface area contributed by atoms with Gasteiger partial charge in [-0.3, -0.25) is 4.90 Å². The van der Waals surface area contributed by atoms with Crippen molar-refractivity contribution < 1.29 is 9.47 Å². The fourth-order valence-electron chi connectivity index (χ4n) is 4.06. The molecule has 0 aromatic heterocycles. The van der Waals surface area contributed by atoms with Crippen molar-refractivity contribution >= 4 is 11.8 Å². The molecular weight excluding hydrogens is 404 g/mol. The Kier molecular flexibility index (Phi) is 8.19. The zero-order valence-corrected chi connectivity index (χ0v) is 19.4. The molecule has 2 aliphatic heterocycles. The third kappa shape index (κ3) is 6.68. The predicted octanol–water partition coefficient (Wildman–Crippen LogP) is 5.70. The van der Waals surface area contributed by atoms with Gasteiger partial charge < -0.3 is 14.4 Å². The van der Waals surface area contributed by atoms with Gasteiger partial charge in [0.15, 0.2) is 6.26 Å². The Hall–Kier alpha value is -2.11. The summed E-state index contributed by atoms with van der Waals surface area (Å²) in [5.74, 6) is 2.91. The summed E-state index contributed by atoms with van der Waals surface area (Å²) in [7, 11) is 0. The maximum atomic E-state index is 5.90. The lowest BCUT2D eigenvalue weighted by Gasteiger charge is -2.36. The van der Waals surface area contributed by atoms with Crippen LogP contribution >= 0.6 is 11.8 Å². The Morgan fingerprint density at radius 1 is 1.00 bits per heavy atom. The molecule has 0 radical (unpaired) electrons. The van der Waals surface area contributed by atoms with Crippen LogP contribution < -0.4 is 0 Å². The second-order valence-corrected chi connectivity index (χ2v) is 9.44. The lowest BCUT2D eigenvalue weighted by Crippen LogP contribution is -2.46. The predicted molar refractivity (Wildman–Crippen MR) is 129 cm³/mol. The lowest BCUT2D eigenvalue weighted by molar-refractivity contribution is 0.0830. The average Bonchev–Trinajstić information content (AvgIpc) is 2.84. The lowest BCUT2D eigenvalue weighted by atomic mass is 10.0. The smallest absolute Gasteiger partial charge is 0.231 e. The van der Waals surface area contributed by atoms with E-state index in [0.717, 1.165) is 70.0 Å². The van der Waals surface area contributed by atoms with E-state index in [2.05, 4.69) is 59.2 Å². The van der Waals surface area contributed by atoms with Crippen LogP contribution in [0.3, 0.4) is 0 Å². The minimum atomic E-state index is 0.836. The summed E-state index contributed by atoms with van der Waals surface area (Å²) in [4.78, 5) is 6.23. The molecule has 3 aliphatic rings. The van der Waals surface area contributed by atoms with Crippen molar-refractivity contribution in [3.05, 3.63) is 77.8 Å². The SMILES string of the molecule is CCc1ccc(SCCCN2CCN(C3=COC(CC4=CC=CCC4)=CO3)CC2)cc1. The second-order valence-electron chi connectivity index (χ2n) is 8.27. The summed E-state index contributed by atoms with van der Waals surface area (Å²) in [5.41, 5.74) is 2.81. The van der Waals surface area contributed by atoms with Crippen molar-refractivity contribution in [2.75, 3.05) is 38.5 Å². The minimum absolute atomic E-state index is 0.836. The molecule has 0 N–H and O–H groups in total. The monoisotopic (exact) mass is 438 g/mol. The van der Waals surface area contributed by atoms with Crippen molar-refractivity contribution in [1.82, 2.24) is 9.80 Å². The van der Waals surface area contributed by atoms with Gasteiger partial charge in [0, 0.05) is 37.5 Å². The van der Waals surface area contributed by atoms with Crippen LogP contribution in [-0.4, -0.2) is 48.3 Å². The molecular formula is C26H34N2O2S. The highest BCUT2D eigenvalue weighted by atomic mass is 32.2. The minimum Gasteiger partial charge on any atom is -0.460 e. The number of rotatable bonds is 9. The van der Waals surface area contributed by atoms with E-state index in [0.29, 0.717) is 0 Å². The number of aryl methyl sites for hydroxylation is 1. The van der Waals surface area contributed by atoms with Crippen LogP contribution in [0, 0.1) is 0 Å². The van der Waals surface area contributed by atoms with Gasteiger partial charge in [0.25, 0.3) is 0 Å². The standard InChI is InChI=1S/C26H34N2O2S/c1-2-22-9-11-25(12-10-22)31-18-6-13-27-14-16-28(17-15-27)26-21-29-24(20-30-26)19-23-7-4-3-5-8-23/h3-4,7,9-12,20-21H,2,5-6,8,13-19H2,1H3. The van der Waals surface area contributed by atoms with Gasteiger partial charge in [0.2, 0.25) is 5.88 Å². The van der Waals surface area contributed by atoms with Crippen LogP contribution in [0.25, 0.3) is 0 Å². The quantitative estimate of drug-likeness (QED) is 0.364. The first kappa shape index (κ1) is 22.1. The van der Waals surface area contributed by atoms with Gasteiger partial charge in [-0.2, -0.15) is 0 Å². The maximum absolute atomic E-state index is 5.90. The first-order valence-electron chi connectivity index (χ1n) is 11.6.